The van der Waals surface area contributed by atoms with Crippen molar-refractivity contribution >= 4 is 17.4 Å². The Morgan fingerprint density at radius 1 is 1.09 bits per heavy atom. The van der Waals surface area contributed by atoms with Crippen molar-refractivity contribution in [3.8, 4) is 0 Å². The summed E-state index contributed by atoms with van der Waals surface area (Å²) in [5.74, 6) is 2.23. The molecular formula is C17H21N3O3. The normalized spacial score (nSPS) is 34.2. The molecule has 1 aromatic carbocycles. The molecule has 4 bridgehead atoms. The van der Waals surface area contributed by atoms with E-state index in [2.05, 4.69) is 10.6 Å². The molecule has 0 aliphatic heterocycles. The van der Waals surface area contributed by atoms with Crippen LogP contribution in [0, 0.1) is 27.9 Å². The molecule has 0 atom stereocenters. The number of nitrogens with zero attached hydrogens (tertiary/aromatic N) is 1. The van der Waals surface area contributed by atoms with Gasteiger partial charge in [0.25, 0.3) is 5.69 Å². The molecule has 6 heteroatoms. The number of nitro benzene ring substituents is 1. The maximum absolute atomic E-state index is 12.4. The van der Waals surface area contributed by atoms with Crippen LogP contribution in [0.1, 0.15) is 38.5 Å². The number of amides is 2. The van der Waals surface area contributed by atoms with Crippen LogP contribution < -0.4 is 10.6 Å². The lowest BCUT2D eigenvalue weighted by atomic mass is 9.53. The largest absolute Gasteiger partial charge is 0.332 e. The minimum atomic E-state index is -0.472. The molecule has 0 unspecified atom stereocenters. The van der Waals surface area contributed by atoms with Gasteiger partial charge in [-0.2, -0.15) is 0 Å². The smallest absolute Gasteiger partial charge is 0.319 e. The fraction of sp³-hybridized carbons (Fsp3) is 0.588. The Morgan fingerprint density at radius 2 is 1.65 bits per heavy atom. The van der Waals surface area contributed by atoms with Crippen LogP contribution in [-0.2, 0) is 0 Å². The van der Waals surface area contributed by atoms with Crippen molar-refractivity contribution < 1.29 is 9.72 Å². The number of carbonyl (C=O) groups is 1. The van der Waals surface area contributed by atoms with Gasteiger partial charge in [0, 0.05) is 11.6 Å². The summed E-state index contributed by atoms with van der Waals surface area (Å²) in [4.78, 5) is 23.0. The molecule has 0 radical (unpaired) electrons. The van der Waals surface area contributed by atoms with E-state index in [1.165, 1.54) is 25.3 Å². The number of urea groups is 1. The molecule has 4 fully saturated rings. The first-order valence-electron chi connectivity index (χ1n) is 8.36. The second kappa shape index (κ2) is 5.22. The third-order valence-corrected chi connectivity index (χ3v) is 5.77. The van der Waals surface area contributed by atoms with E-state index in [-0.39, 0.29) is 22.9 Å². The Hall–Kier alpha value is -2.11. The van der Waals surface area contributed by atoms with Gasteiger partial charge in [-0.05, 0) is 62.3 Å². The summed E-state index contributed by atoms with van der Waals surface area (Å²) in [7, 11) is 0. The summed E-state index contributed by atoms with van der Waals surface area (Å²) in [6, 6.07) is 5.94. The summed E-state index contributed by atoms with van der Waals surface area (Å²) < 4.78 is 0. The molecular weight excluding hydrogens is 294 g/mol. The Balaban J connectivity index is 1.48. The molecule has 5 rings (SSSR count). The average Bonchev–Trinajstić information content (AvgIpc) is 2.45. The second-order valence-electron chi connectivity index (χ2n) is 7.55. The third-order valence-electron chi connectivity index (χ3n) is 5.77. The predicted molar refractivity (Wildman–Crippen MR) is 86.2 cm³/mol. The van der Waals surface area contributed by atoms with Crippen molar-refractivity contribution in [2.45, 2.75) is 44.1 Å². The van der Waals surface area contributed by atoms with E-state index in [0.717, 1.165) is 37.0 Å². The van der Waals surface area contributed by atoms with Crippen LogP contribution in [0.3, 0.4) is 0 Å². The number of rotatable bonds is 3. The first kappa shape index (κ1) is 14.5. The van der Waals surface area contributed by atoms with E-state index in [0.29, 0.717) is 0 Å². The van der Waals surface area contributed by atoms with Gasteiger partial charge in [-0.3, -0.25) is 10.1 Å². The highest BCUT2D eigenvalue weighted by Crippen LogP contribution is 2.55. The number of carbonyl (C=O) groups excluding carboxylic acids is 1. The standard InChI is InChI=1S/C17H21N3O3/c21-16(18-14-3-1-2-4-15(14)20(22)23)19-17-8-11-5-12(9-17)7-13(6-11)10-17/h1-4,11-13H,5-10H2,(H2,18,19,21). The summed E-state index contributed by atoms with van der Waals surface area (Å²) in [6.07, 6.45) is 7.11. The van der Waals surface area contributed by atoms with Crippen molar-refractivity contribution in [1.29, 1.82) is 0 Å². The Bertz CT molecular complexity index is 623. The number of hydrogen-bond donors (Lipinski definition) is 2. The molecule has 2 amide bonds. The lowest BCUT2D eigenvalue weighted by Gasteiger charge is -2.56. The van der Waals surface area contributed by atoms with E-state index in [9.17, 15) is 14.9 Å². The number of nitrogens with one attached hydrogen (secondary N) is 2. The SMILES string of the molecule is O=C(Nc1ccccc1[N+](=O)[O-])NC12CC3CC(CC(C3)C1)C2. The summed E-state index contributed by atoms with van der Waals surface area (Å²) in [6.45, 7) is 0. The van der Waals surface area contributed by atoms with E-state index >= 15 is 0 Å². The van der Waals surface area contributed by atoms with Crippen LogP contribution in [0.25, 0.3) is 0 Å². The zero-order valence-electron chi connectivity index (χ0n) is 13.0. The first-order valence-corrected chi connectivity index (χ1v) is 8.36. The fourth-order valence-electron chi connectivity index (χ4n) is 5.40. The summed E-state index contributed by atoms with van der Waals surface area (Å²) in [5.41, 5.74) is 0.0791. The zero-order chi connectivity index (χ0) is 16.0. The number of nitro groups is 1. The topological polar surface area (TPSA) is 84.3 Å². The van der Waals surface area contributed by atoms with Crippen molar-refractivity contribution in [2.24, 2.45) is 17.8 Å². The highest BCUT2D eigenvalue weighted by molar-refractivity contribution is 5.92. The average molecular weight is 315 g/mol. The maximum Gasteiger partial charge on any atom is 0.319 e. The molecule has 6 nitrogen and oxygen atoms in total. The minimum Gasteiger partial charge on any atom is -0.332 e. The zero-order valence-corrected chi connectivity index (χ0v) is 13.0. The Labute approximate surface area is 134 Å². The van der Waals surface area contributed by atoms with Crippen LogP contribution >= 0.6 is 0 Å². The van der Waals surface area contributed by atoms with Gasteiger partial charge in [0.15, 0.2) is 0 Å². The molecule has 122 valence electrons. The minimum absolute atomic E-state index is 0.0758. The fourth-order valence-corrected chi connectivity index (χ4v) is 5.40. The second-order valence-corrected chi connectivity index (χ2v) is 7.55. The number of anilines is 1. The van der Waals surface area contributed by atoms with Crippen LogP contribution in [-0.4, -0.2) is 16.5 Å². The van der Waals surface area contributed by atoms with Gasteiger partial charge in [0.05, 0.1) is 4.92 Å². The van der Waals surface area contributed by atoms with E-state index in [1.807, 2.05) is 0 Å². The van der Waals surface area contributed by atoms with Crippen molar-refractivity contribution in [2.75, 3.05) is 5.32 Å². The van der Waals surface area contributed by atoms with Gasteiger partial charge in [-0.25, -0.2) is 4.79 Å². The maximum atomic E-state index is 12.4. The van der Waals surface area contributed by atoms with Gasteiger partial charge in [-0.1, -0.05) is 12.1 Å². The van der Waals surface area contributed by atoms with E-state index in [4.69, 9.17) is 0 Å². The molecule has 0 saturated heterocycles. The lowest BCUT2D eigenvalue weighted by Crippen LogP contribution is -2.60. The van der Waals surface area contributed by atoms with E-state index < -0.39 is 4.92 Å². The number of para-hydroxylation sites is 2. The molecule has 0 spiro atoms. The molecule has 0 heterocycles. The van der Waals surface area contributed by atoms with Crippen molar-refractivity contribution in [3.05, 3.63) is 34.4 Å². The highest BCUT2D eigenvalue weighted by atomic mass is 16.6. The number of hydrogen-bond acceptors (Lipinski definition) is 3. The molecule has 4 aliphatic carbocycles. The van der Waals surface area contributed by atoms with Crippen molar-refractivity contribution in [1.82, 2.24) is 5.32 Å². The molecule has 1 aromatic rings. The third kappa shape index (κ3) is 2.66. The van der Waals surface area contributed by atoms with Crippen LogP contribution in [0.4, 0.5) is 16.2 Å². The first-order chi connectivity index (χ1) is 11.0. The van der Waals surface area contributed by atoms with Gasteiger partial charge in [-0.15, -0.1) is 0 Å². The van der Waals surface area contributed by atoms with Gasteiger partial charge < -0.3 is 10.6 Å². The molecule has 0 aromatic heterocycles. The monoisotopic (exact) mass is 315 g/mol. The van der Waals surface area contributed by atoms with Crippen LogP contribution in [0.2, 0.25) is 0 Å². The van der Waals surface area contributed by atoms with Crippen LogP contribution in [0.15, 0.2) is 24.3 Å². The molecule has 2 N–H and O–H groups in total. The van der Waals surface area contributed by atoms with Crippen LogP contribution in [0.5, 0.6) is 0 Å². The van der Waals surface area contributed by atoms with Gasteiger partial charge in [0.1, 0.15) is 5.69 Å². The molecule has 4 aliphatic rings. The van der Waals surface area contributed by atoms with Gasteiger partial charge >= 0.3 is 6.03 Å². The van der Waals surface area contributed by atoms with E-state index in [1.54, 1.807) is 18.2 Å². The highest BCUT2D eigenvalue weighted by Gasteiger charge is 2.51. The summed E-state index contributed by atoms with van der Waals surface area (Å²) in [5, 5.41) is 16.9. The lowest BCUT2D eigenvalue weighted by molar-refractivity contribution is -0.383. The Morgan fingerprint density at radius 3 is 2.22 bits per heavy atom. The molecule has 4 saturated carbocycles. The quantitative estimate of drug-likeness (QED) is 0.659. The molecule has 23 heavy (non-hydrogen) atoms. The Kier molecular flexibility index (Phi) is 3.28. The number of benzene rings is 1. The van der Waals surface area contributed by atoms with Gasteiger partial charge in [0.2, 0.25) is 0 Å². The summed E-state index contributed by atoms with van der Waals surface area (Å²) >= 11 is 0. The van der Waals surface area contributed by atoms with Crippen molar-refractivity contribution in [3.63, 3.8) is 0 Å². The predicted octanol–water partition coefficient (Wildman–Crippen LogP) is 3.69.